The molecule has 0 aliphatic rings. The Morgan fingerprint density at radius 3 is 2.76 bits per heavy atom. The molecular weight excluding hydrogens is 330 g/mol. The van der Waals surface area contributed by atoms with Gasteiger partial charge in [-0.1, -0.05) is 28.1 Å². The van der Waals surface area contributed by atoms with Crippen molar-refractivity contribution in [2.45, 2.75) is 6.42 Å². The molecule has 0 atom stereocenters. The van der Waals surface area contributed by atoms with Gasteiger partial charge in [0.15, 0.2) is 0 Å². The molecule has 0 aliphatic carbocycles. The van der Waals surface area contributed by atoms with E-state index >= 15 is 0 Å². The van der Waals surface area contributed by atoms with Crippen LogP contribution >= 0.6 is 15.9 Å². The maximum atomic E-state index is 12.1. The van der Waals surface area contributed by atoms with Gasteiger partial charge < -0.3 is 9.88 Å². The number of hydrogen-bond acceptors (Lipinski definition) is 2. The second kappa shape index (κ2) is 5.69. The topological polar surface area (TPSA) is 46.9 Å². The van der Waals surface area contributed by atoms with E-state index in [4.69, 9.17) is 0 Å². The Kier molecular flexibility index (Phi) is 3.75. The molecule has 0 fully saturated rings. The molecule has 106 valence electrons. The third kappa shape index (κ3) is 3.13. The Labute approximate surface area is 130 Å². The van der Waals surface area contributed by atoms with E-state index in [1.807, 2.05) is 54.1 Å². The van der Waals surface area contributed by atoms with Crippen molar-refractivity contribution in [2.24, 2.45) is 7.05 Å². The van der Waals surface area contributed by atoms with Gasteiger partial charge in [0.1, 0.15) is 0 Å². The fraction of sp³-hybridized carbons (Fsp3) is 0.125. The van der Waals surface area contributed by atoms with Crippen LogP contribution < -0.4 is 5.32 Å². The summed E-state index contributed by atoms with van der Waals surface area (Å²) in [7, 11) is 1.95. The van der Waals surface area contributed by atoms with Crippen molar-refractivity contribution in [3.8, 4) is 0 Å². The number of aryl methyl sites for hydroxylation is 1. The van der Waals surface area contributed by atoms with Crippen LogP contribution in [-0.4, -0.2) is 15.5 Å². The van der Waals surface area contributed by atoms with Crippen LogP contribution in [0.2, 0.25) is 0 Å². The summed E-state index contributed by atoms with van der Waals surface area (Å²) < 4.78 is 2.95. The summed E-state index contributed by atoms with van der Waals surface area (Å²) in [6, 6.07) is 13.5. The van der Waals surface area contributed by atoms with Crippen molar-refractivity contribution < 1.29 is 4.79 Å². The molecule has 0 saturated carbocycles. The predicted molar refractivity (Wildman–Crippen MR) is 87.2 cm³/mol. The lowest BCUT2D eigenvalue weighted by Gasteiger charge is -2.06. The van der Waals surface area contributed by atoms with Crippen molar-refractivity contribution in [1.29, 1.82) is 0 Å². The first-order chi connectivity index (χ1) is 10.1. The Balaban J connectivity index is 1.72. The van der Waals surface area contributed by atoms with Crippen LogP contribution in [0.15, 0.2) is 53.3 Å². The third-order valence-electron chi connectivity index (χ3n) is 3.29. The molecule has 21 heavy (non-hydrogen) atoms. The fourth-order valence-corrected chi connectivity index (χ4v) is 2.47. The molecule has 2 aromatic carbocycles. The molecule has 0 spiro atoms. The van der Waals surface area contributed by atoms with Gasteiger partial charge in [0, 0.05) is 17.2 Å². The lowest BCUT2D eigenvalue weighted by molar-refractivity contribution is -0.115. The molecule has 1 amide bonds. The Bertz CT molecular complexity index is 793. The van der Waals surface area contributed by atoms with Gasteiger partial charge in [-0.15, -0.1) is 0 Å². The maximum Gasteiger partial charge on any atom is 0.228 e. The largest absolute Gasteiger partial charge is 0.334 e. The number of nitrogens with one attached hydrogen (secondary N) is 1. The average molecular weight is 344 g/mol. The quantitative estimate of drug-likeness (QED) is 0.790. The van der Waals surface area contributed by atoms with E-state index in [1.54, 1.807) is 6.33 Å². The average Bonchev–Trinajstić information content (AvgIpc) is 2.82. The van der Waals surface area contributed by atoms with Gasteiger partial charge in [-0.25, -0.2) is 4.98 Å². The van der Waals surface area contributed by atoms with E-state index < -0.39 is 0 Å². The molecule has 4 nitrogen and oxygen atoms in total. The van der Waals surface area contributed by atoms with E-state index in [-0.39, 0.29) is 5.91 Å². The minimum atomic E-state index is -0.0346. The van der Waals surface area contributed by atoms with E-state index in [9.17, 15) is 4.79 Å². The predicted octanol–water partition coefficient (Wildman–Crippen LogP) is 3.52. The number of halogens is 1. The van der Waals surface area contributed by atoms with E-state index in [2.05, 4.69) is 26.2 Å². The SMILES string of the molecule is Cn1cnc2cc(NC(=O)Cc3ccc(Br)cc3)ccc21. The number of hydrogen-bond donors (Lipinski definition) is 1. The van der Waals surface area contributed by atoms with E-state index in [0.717, 1.165) is 26.8 Å². The normalized spacial score (nSPS) is 10.8. The summed E-state index contributed by atoms with van der Waals surface area (Å²) >= 11 is 3.38. The molecule has 1 N–H and O–H groups in total. The number of carbonyl (C=O) groups is 1. The van der Waals surface area contributed by atoms with Crippen LogP contribution in [0, 0.1) is 0 Å². The van der Waals surface area contributed by atoms with Crippen molar-refractivity contribution >= 4 is 38.6 Å². The number of fused-ring (bicyclic) bond motifs is 1. The lowest BCUT2D eigenvalue weighted by atomic mass is 10.1. The molecule has 0 saturated heterocycles. The molecule has 1 heterocycles. The number of imidazole rings is 1. The fourth-order valence-electron chi connectivity index (χ4n) is 2.21. The summed E-state index contributed by atoms with van der Waals surface area (Å²) in [6.07, 6.45) is 2.12. The van der Waals surface area contributed by atoms with Crippen molar-refractivity contribution in [3.05, 3.63) is 58.8 Å². The van der Waals surface area contributed by atoms with Crippen LogP contribution in [0.4, 0.5) is 5.69 Å². The maximum absolute atomic E-state index is 12.1. The number of rotatable bonds is 3. The number of anilines is 1. The first kappa shape index (κ1) is 13.8. The monoisotopic (exact) mass is 343 g/mol. The van der Waals surface area contributed by atoms with Crippen molar-refractivity contribution in [2.75, 3.05) is 5.32 Å². The minimum Gasteiger partial charge on any atom is -0.334 e. The zero-order valence-electron chi connectivity index (χ0n) is 11.5. The molecule has 0 radical (unpaired) electrons. The molecule has 3 rings (SSSR count). The zero-order valence-corrected chi connectivity index (χ0v) is 13.1. The molecule has 0 bridgehead atoms. The van der Waals surface area contributed by atoms with Crippen molar-refractivity contribution in [1.82, 2.24) is 9.55 Å². The van der Waals surface area contributed by atoms with Gasteiger partial charge in [0.2, 0.25) is 5.91 Å². The van der Waals surface area contributed by atoms with Gasteiger partial charge >= 0.3 is 0 Å². The summed E-state index contributed by atoms with van der Waals surface area (Å²) in [4.78, 5) is 16.3. The number of amides is 1. The van der Waals surface area contributed by atoms with Crippen molar-refractivity contribution in [3.63, 3.8) is 0 Å². The first-order valence-electron chi connectivity index (χ1n) is 6.57. The molecular formula is C16H14BrN3O. The number of benzene rings is 2. The van der Waals surface area contributed by atoms with Gasteiger partial charge in [0.25, 0.3) is 0 Å². The number of carbonyl (C=O) groups excluding carboxylic acids is 1. The number of nitrogens with zero attached hydrogens (tertiary/aromatic N) is 2. The summed E-state index contributed by atoms with van der Waals surface area (Å²) in [5.41, 5.74) is 3.66. The Hall–Kier alpha value is -2.14. The molecule has 3 aromatic rings. The standard InChI is InChI=1S/C16H14BrN3O/c1-20-10-18-14-9-13(6-7-15(14)20)19-16(21)8-11-2-4-12(17)5-3-11/h2-7,9-10H,8H2,1H3,(H,19,21). The summed E-state index contributed by atoms with van der Waals surface area (Å²) in [5, 5.41) is 2.91. The Morgan fingerprint density at radius 2 is 2.00 bits per heavy atom. The van der Waals surface area contributed by atoms with E-state index in [1.165, 1.54) is 0 Å². The van der Waals surface area contributed by atoms with Gasteiger partial charge in [-0.2, -0.15) is 0 Å². The van der Waals surface area contributed by atoms with Gasteiger partial charge in [-0.3, -0.25) is 4.79 Å². The molecule has 5 heteroatoms. The zero-order chi connectivity index (χ0) is 14.8. The number of aromatic nitrogens is 2. The van der Waals surface area contributed by atoms with E-state index in [0.29, 0.717) is 6.42 Å². The highest BCUT2D eigenvalue weighted by Crippen LogP contribution is 2.18. The smallest absolute Gasteiger partial charge is 0.228 e. The van der Waals surface area contributed by atoms with Gasteiger partial charge in [0.05, 0.1) is 23.8 Å². The molecule has 1 aromatic heterocycles. The van der Waals surface area contributed by atoms with Gasteiger partial charge in [-0.05, 0) is 35.9 Å². The lowest BCUT2D eigenvalue weighted by Crippen LogP contribution is -2.14. The first-order valence-corrected chi connectivity index (χ1v) is 7.36. The highest BCUT2D eigenvalue weighted by atomic mass is 79.9. The third-order valence-corrected chi connectivity index (χ3v) is 3.82. The van der Waals surface area contributed by atoms with Crippen LogP contribution in [0.3, 0.4) is 0 Å². The van der Waals surface area contributed by atoms with Crippen LogP contribution in [-0.2, 0) is 18.3 Å². The minimum absolute atomic E-state index is 0.0346. The second-order valence-electron chi connectivity index (χ2n) is 4.91. The van der Waals surface area contributed by atoms with Crippen LogP contribution in [0.25, 0.3) is 11.0 Å². The Morgan fingerprint density at radius 1 is 1.24 bits per heavy atom. The highest BCUT2D eigenvalue weighted by molar-refractivity contribution is 9.10. The van der Waals surface area contributed by atoms with Crippen LogP contribution in [0.1, 0.15) is 5.56 Å². The highest BCUT2D eigenvalue weighted by Gasteiger charge is 2.06. The summed E-state index contributed by atoms with van der Waals surface area (Å²) in [6.45, 7) is 0. The molecule has 0 aliphatic heterocycles. The molecule has 0 unspecified atom stereocenters. The van der Waals surface area contributed by atoms with Crippen LogP contribution in [0.5, 0.6) is 0 Å². The summed E-state index contributed by atoms with van der Waals surface area (Å²) in [5.74, 6) is -0.0346. The second-order valence-corrected chi connectivity index (χ2v) is 5.83.